The number of pyridine rings is 1. The molecular formula is C15H16N4. The second kappa shape index (κ2) is 4.82. The fourth-order valence-corrected chi connectivity index (χ4v) is 2.27. The molecule has 0 aliphatic rings. The van der Waals surface area contributed by atoms with Crippen molar-refractivity contribution in [2.75, 3.05) is 0 Å². The fraction of sp³-hybridized carbons (Fsp3) is 0.200. The molecule has 0 saturated heterocycles. The smallest absolute Gasteiger partial charge is 0.0702 e. The van der Waals surface area contributed by atoms with Crippen molar-refractivity contribution >= 4 is 10.9 Å². The number of rotatable bonds is 3. The third-order valence-corrected chi connectivity index (χ3v) is 3.27. The molecule has 0 aliphatic heterocycles. The number of hydrogen-bond donors (Lipinski definition) is 1. The molecule has 0 radical (unpaired) electrons. The molecule has 96 valence electrons. The van der Waals surface area contributed by atoms with Crippen LogP contribution in [0.4, 0.5) is 0 Å². The van der Waals surface area contributed by atoms with E-state index in [1.54, 1.807) is 10.9 Å². The number of aryl methyl sites for hydroxylation is 1. The Hall–Kier alpha value is -2.20. The largest absolute Gasteiger partial charge is 0.324 e. The minimum atomic E-state index is -0.0196. The average Bonchev–Trinajstić information content (AvgIpc) is 2.83. The van der Waals surface area contributed by atoms with Gasteiger partial charge in [-0.1, -0.05) is 12.1 Å². The van der Waals surface area contributed by atoms with Gasteiger partial charge >= 0.3 is 0 Å². The molecule has 2 aromatic heterocycles. The topological polar surface area (TPSA) is 56.7 Å². The lowest BCUT2D eigenvalue weighted by Crippen LogP contribution is -2.13. The highest BCUT2D eigenvalue weighted by Crippen LogP contribution is 2.20. The highest BCUT2D eigenvalue weighted by molar-refractivity contribution is 5.79. The Balaban J connectivity index is 1.86. The molecule has 2 N–H and O–H groups in total. The van der Waals surface area contributed by atoms with Crippen LogP contribution >= 0.6 is 0 Å². The van der Waals surface area contributed by atoms with Crippen molar-refractivity contribution in [1.82, 2.24) is 14.8 Å². The molecule has 4 heteroatoms. The van der Waals surface area contributed by atoms with Crippen LogP contribution in [0.1, 0.15) is 17.2 Å². The summed E-state index contributed by atoms with van der Waals surface area (Å²) in [7, 11) is 1.91. The molecule has 0 amide bonds. The van der Waals surface area contributed by atoms with Crippen LogP contribution in [0.2, 0.25) is 0 Å². The molecule has 1 aromatic carbocycles. The molecule has 0 aliphatic carbocycles. The van der Waals surface area contributed by atoms with Crippen LogP contribution in [0.25, 0.3) is 10.9 Å². The van der Waals surface area contributed by atoms with E-state index in [-0.39, 0.29) is 6.04 Å². The van der Waals surface area contributed by atoms with E-state index in [1.807, 2.05) is 31.6 Å². The molecule has 0 fully saturated rings. The minimum Gasteiger partial charge on any atom is -0.324 e. The summed E-state index contributed by atoms with van der Waals surface area (Å²) in [5.41, 5.74) is 9.55. The van der Waals surface area contributed by atoms with E-state index >= 15 is 0 Å². The first kappa shape index (κ1) is 11.9. The molecule has 0 saturated carbocycles. The molecular weight excluding hydrogens is 236 g/mol. The molecule has 1 atom stereocenters. The zero-order valence-electron chi connectivity index (χ0n) is 10.8. The number of fused-ring (bicyclic) bond motifs is 1. The monoisotopic (exact) mass is 252 g/mol. The van der Waals surface area contributed by atoms with E-state index in [0.717, 1.165) is 28.5 Å². The Kier molecular flexibility index (Phi) is 3.01. The Morgan fingerprint density at radius 2 is 2.21 bits per heavy atom. The lowest BCUT2D eigenvalue weighted by molar-refractivity contribution is 0.720. The predicted molar refractivity (Wildman–Crippen MR) is 75.6 cm³/mol. The number of benzene rings is 1. The van der Waals surface area contributed by atoms with Crippen LogP contribution in [-0.2, 0) is 13.5 Å². The van der Waals surface area contributed by atoms with Crippen molar-refractivity contribution in [3.8, 4) is 0 Å². The van der Waals surface area contributed by atoms with E-state index in [9.17, 15) is 0 Å². The first-order valence-corrected chi connectivity index (χ1v) is 6.30. The molecule has 19 heavy (non-hydrogen) atoms. The van der Waals surface area contributed by atoms with E-state index in [4.69, 9.17) is 5.73 Å². The van der Waals surface area contributed by atoms with E-state index in [0.29, 0.717) is 0 Å². The molecule has 0 bridgehead atoms. The summed E-state index contributed by atoms with van der Waals surface area (Å²) in [6, 6.07) is 10.2. The Morgan fingerprint density at radius 3 is 3.00 bits per heavy atom. The van der Waals surface area contributed by atoms with Gasteiger partial charge in [-0.05, 0) is 35.7 Å². The standard InChI is InChI=1S/C15H16N4/c1-19-10-11(9-18-19)7-14(16)12-4-5-15-13(8-12)3-2-6-17-15/h2-6,8-10,14H,7,16H2,1H3. The van der Waals surface area contributed by atoms with Crippen LogP contribution < -0.4 is 5.73 Å². The van der Waals surface area contributed by atoms with E-state index in [1.165, 1.54) is 0 Å². The van der Waals surface area contributed by atoms with Crippen molar-refractivity contribution in [1.29, 1.82) is 0 Å². The maximum Gasteiger partial charge on any atom is 0.0702 e. The molecule has 1 unspecified atom stereocenters. The summed E-state index contributed by atoms with van der Waals surface area (Å²) in [6.07, 6.45) is 6.46. The predicted octanol–water partition coefficient (Wildman–Crippen LogP) is 2.21. The van der Waals surface area contributed by atoms with Crippen LogP contribution in [0.5, 0.6) is 0 Å². The second-order valence-corrected chi connectivity index (χ2v) is 4.79. The third-order valence-electron chi connectivity index (χ3n) is 3.27. The fourth-order valence-electron chi connectivity index (χ4n) is 2.27. The van der Waals surface area contributed by atoms with Crippen LogP contribution in [0.3, 0.4) is 0 Å². The van der Waals surface area contributed by atoms with Gasteiger partial charge in [-0.3, -0.25) is 9.67 Å². The van der Waals surface area contributed by atoms with Crippen molar-refractivity contribution in [2.24, 2.45) is 12.8 Å². The van der Waals surface area contributed by atoms with Gasteiger partial charge in [0.05, 0.1) is 11.7 Å². The number of nitrogens with zero attached hydrogens (tertiary/aromatic N) is 3. The maximum atomic E-state index is 6.27. The quantitative estimate of drug-likeness (QED) is 0.777. The molecule has 0 spiro atoms. The van der Waals surface area contributed by atoms with Gasteiger partial charge in [-0.25, -0.2) is 0 Å². The number of nitrogens with two attached hydrogens (primary N) is 1. The second-order valence-electron chi connectivity index (χ2n) is 4.79. The van der Waals surface area contributed by atoms with Crippen molar-refractivity contribution in [2.45, 2.75) is 12.5 Å². The Bertz CT molecular complexity index is 702. The highest BCUT2D eigenvalue weighted by Gasteiger charge is 2.09. The van der Waals surface area contributed by atoms with Gasteiger partial charge in [0.1, 0.15) is 0 Å². The van der Waals surface area contributed by atoms with E-state index < -0.39 is 0 Å². The maximum absolute atomic E-state index is 6.27. The lowest BCUT2D eigenvalue weighted by Gasteiger charge is -2.11. The minimum absolute atomic E-state index is 0.0196. The molecule has 4 nitrogen and oxygen atoms in total. The first-order chi connectivity index (χ1) is 9.22. The SMILES string of the molecule is Cn1cc(CC(N)c2ccc3ncccc3c2)cn1. The number of aromatic nitrogens is 3. The zero-order chi connectivity index (χ0) is 13.2. The summed E-state index contributed by atoms with van der Waals surface area (Å²) >= 11 is 0. The van der Waals surface area contributed by atoms with Crippen molar-refractivity contribution in [3.63, 3.8) is 0 Å². The third kappa shape index (κ3) is 2.48. The van der Waals surface area contributed by atoms with Crippen LogP contribution in [0.15, 0.2) is 48.9 Å². The summed E-state index contributed by atoms with van der Waals surface area (Å²) in [5.74, 6) is 0. The molecule has 2 heterocycles. The zero-order valence-corrected chi connectivity index (χ0v) is 10.8. The summed E-state index contributed by atoms with van der Waals surface area (Å²) < 4.78 is 1.80. The van der Waals surface area contributed by atoms with Gasteiger partial charge in [0.15, 0.2) is 0 Å². The molecule has 3 aromatic rings. The normalized spacial score (nSPS) is 12.7. The average molecular weight is 252 g/mol. The number of hydrogen-bond acceptors (Lipinski definition) is 3. The van der Waals surface area contributed by atoms with Gasteiger partial charge in [0, 0.05) is 30.9 Å². The summed E-state index contributed by atoms with van der Waals surface area (Å²) in [5, 5.41) is 5.29. The van der Waals surface area contributed by atoms with Gasteiger partial charge in [-0.2, -0.15) is 5.10 Å². The summed E-state index contributed by atoms with van der Waals surface area (Å²) in [4.78, 5) is 4.31. The van der Waals surface area contributed by atoms with Gasteiger partial charge < -0.3 is 5.73 Å². The highest BCUT2D eigenvalue weighted by atomic mass is 15.2. The van der Waals surface area contributed by atoms with Gasteiger partial charge in [0.25, 0.3) is 0 Å². The van der Waals surface area contributed by atoms with Crippen LogP contribution in [0, 0.1) is 0 Å². The first-order valence-electron chi connectivity index (χ1n) is 6.30. The molecule has 3 rings (SSSR count). The van der Waals surface area contributed by atoms with E-state index in [2.05, 4.69) is 28.3 Å². The van der Waals surface area contributed by atoms with Gasteiger partial charge in [0.2, 0.25) is 0 Å². The van der Waals surface area contributed by atoms with Crippen molar-refractivity contribution in [3.05, 3.63) is 60.0 Å². The summed E-state index contributed by atoms with van der Waals surface area (Å²) in [6.45, 7) is 0. The Morgan fingerprint density at radius 1 is 1.32 bits per heavy atom. The van der Waals surface area contributed by atoms with Crippen molar-refractivity contribution < 1.29 is 0 Å². The lowest BCUT2D eigenvalue weighted by atomic mass is 10.00. The van der Waals surface area contributed by atoms with Gasteiger partial charge in [-0.15, -0.1) is 0 Å². The Labute approximate surface area is 111 Å². The van der Waals surface area contributed by atoms with Crippen LogP contribution in [-0.4, -0.2) is 14.8 Å².